The number of carbonyl (C=O) groups is 2. The van der Waals surface area contributed by atoms with Crippen molar-refractivity contribution in [2.24, 2.45) is 0 Å². The van der Waals surface area contributed by atoms with E-state index in [1.807, 2.05) is 12.3 Å². The molecule has 0 bridgehead atoms. The Morgan fingerprint density at radius 2 is 2.15 bits per heavy atom. The molecule has 1 aromatic carbocycles. The largest absolute Gasteiger partial charge is 0.480 e. The highest BCUT2D eigenvalue weighted by molar-refractivity contribution is 7.98. The van der Waals surface area contributed by atoms with Gasteiger partial charge >= 0.3 is 5.97 Å². The molecule has 1 fully saturated rings. The molecule has 108 valence electrons. The van der Waals surface area contributed by atoms with E-state index in [-0.39, 0.29) is 5.91 Å². The summed E-state index contributed by atoms with van der Waals surface area (Å²) in [4.78, 5) is 26.2. The van der Waals surface area contributed by atoms with Crippen LogP contribution in [0.5, 0.6) is 0 Å². The molecule has 1 heterocycles. The van der Waals surface area contributed by atoms with Crippen LogP contribution >= 0.6 is 23.4 Å². The van der Waals surface area contributed by atoms with Gasteiger partial charge in [-0.05, 0) is 43.7 Å². The summed E-state index contributed by atoms with van der Waals surface area (Å²) in [5.74, 6) is -1.24. The van der Waals surface area contributed by atoms with E-state index in [1.54, 1.807) is 12.1 Å². The molecule has 6 heteroatoms. The molecule has 1 aromatic rings. The molecule has 1 amide bonds. The number of amides is 1. The maximum Gasteiger partial charge on any atom is 0.326 e. The van der Waals surface area contributed by atoms with Gasteiger partial charge in [0.1, 0.15) is 6.04 Å². The zero-order valence-electron chi connectivity index (χ0n) is 11.1. The first-order chi connectivity index (χ1) is 9.54. The van der Waals surface area contributed by atoms with Crippen molar-refractivity contribution >= 4 is 35.2 Å². The average Bonchev–Trinajstić information content (AvgIpc) is 2.47. The summed E-state index contributed by atoms with van der Waals surface area (Å²) >= 11 is 7.61. The predicted molar refractivity (Wildman–Crippen MR) is 79.5 cm³/mol. The van der Waals surface area contributed by atoms with Crippen molar-refractivity contribution in [2.75, 3.05) is 12.8 Å². The number of piperidine rings is 1. The van der Waals surface area contributed by atoms with Crippen LogP contribution in [-0.4, -0.2) is 40.7 Å². The van der Waals surface area contributed by atoms with Gasteiger partial charge < -0.3 is 10.0 Å². The number of carbonyl (C=O) groups excluding carboxylic acids is 1. The summed E-state index contributed by atoms with van der Waals surface area (Å²) in [5.41, 5.74) is 0.381. The van der Waals surface area contributed by atoms with Crippen molar-refractivity contribution in [3.63, 3.8) is 0 Å². The maximum absolute atomic E-state index is 12.6. The van der Waals surface area contributed by atoms with Crippen LogP contribution in [0.15, 0.2) is 23.1 Å². The normalized spacial score (nSPS) is 18.9. The van der Waals surface area contributed by atoms with Gasteiger partial charge in [-0.25, -0.2) is 4.79 Å². The van der Waals surface area contributed by atoms with Gasteiger partial charge in [0.2, 0.25) is 0 Å². The molecule has 2 rings (SSSR count). The third-order valence-electron chi connectivity index (χ3n) is 3.45. The van der Waals surface area contributed by atoms with Gasteiger partial charge in [-0.15, -0.1) is 11.8 Å². The summed E-state index contributed by atoms with van der Waals surface area (Å²) in [6.07, 6.45) is 4.08. The van der Waals surface area contributed by atoms with Crippen molar-refractivity contribution in [3.05, 3.63) is 28.8 Å². The van der Waals surface area contributed by atoms with E-state index < -0.39 is 12.0 Å². The van der Waals surface area contributed by atoms with Crippen LogP contribution in [0, 0.1) is 0 Å². The Morgan fingerprint density at radius 3 is 2.80 bits per heavy atom. The molecule has 1 atom stereocenters. The number of hydrogen-bond donors (Lipinski definition) is 1. The molecule has 1 N–H and O–H groups in total. The van der Waals surface area contributed by atoms with Crippen LogP contribution < -0.4 is 0 Å². The van der Waals surface area contributed by atoms with Gasteiger partial charge in [0.15, 0.2) is 0 Å². The van der Waals surface area contributed by atoms with Crippen molar-refractivity contribution in [1.82, 2.24) is 4.90 Å². The van der Waals surface area contributed by atoms with Crippen LogP contribution in [0.1, 0.15) is 29.6 Å². The second kappa shape index (κ2) is 6.50. The van der Waals surface area contributed by atoms with Crippen LogP contribution in [0.25, 0.3) is 0 Å². The molecule has 1 aliphatic heterocycles. The quantitative estimate of drug-likeness (QED) is 0.871. The average molecular weight is 314 g/mol. The van der Waals surface area contributed by atoms with Gasteiger partial charge in [-0.1, -0.05) is 11.6 Å². The SMILES string of the molecule is CSc1ccc(Cl)c(C(=O)N2CCCCC2C(=O)O)c1. The standard InChI is InChI=1S/C14H16ClNO3S/c1-20-9-5-6-11(15)10(8-9)13(17)16-7-3-2-4-12(16)14(18)19/h5-6,8,12H,2-4,7H2,1H3,(H,18,19). The predicted octanol–water partition coefficient (Wildman–Crippen LogP) is 3.14. The number of benzene rings is 1. The lowest BCUT2D eigenvalue weighted by Crippen LogP contribution is -2.48. The smallest absolute Gasteiger partial charge is 0.326 e. The van der Waals surface area contributed by atoms with Gasteiger partial charge in [0.25, 0.3) is 5.91 Å². The van der Waals surface area contributed by atoms with Crippen molar-refractivity contribution in [1.29, 1.82) is 0 Å². The number of carboxylic acids is 1. The topological polar surface area (TPSA) is 57.6 Å². The first kappa shape index (κ1) is 15.2. The Morgan fingerprint density at radius 1 is 1.40 bits per heavy atom. The number of halogens is 1. The van der Waals surface area contributed by atoms with E-state index in [0.29, 0.717) is 23.6 Å². The lowest BCUT2D eigenvalue weighted by atomic mass is 10.0. The van der Waals surface area contributed by atoms with Crippen LogP contribution in [0.4, 0.5) is 0 Å². The van der Waals surface area contributed by atoms with E-state index in [2.05, 4.69) is 0 Å². The zero-order valence-corrected chi connectivity index (χ0v) is 12.7. The van der Waals surface area contributed by atoms with Crippen molar-refractivity contribution in [3.8, 4) is 0 Å². The highest BCUT2D eigenvalue weighted by Gasteiger charge is 2.33. The Hall–Kier alpha value is -1.20. The molecule has 0 saturated carbocycles. The summed E-state index contributed by atoms with van der Waals surface area (Å²) in [6.45, 7) is 0.468. The van der Waals surface area contributed by atoms with E-state index in [0.717, 1.165) is 17.7 Å². The molecule has 0 spiro atoms. The number of thioether (sulfide) groups is 1. The lowest BCUT2D eigenvalue weighted by molar-refractivity contribution is -0.143. The summed E-state index contributed by atoms with van der Waals surface area (Å²) in [6, 6.07) is 4.50. The number of aliphatic carboxylic acids is 1. The minimum atomic E-state index is -0.949. The fourth-order valence-corrected chi connectivity index (χ4v) is 3.02. The molecular formula is C14H16ClNO3S. The summed E-state index contributed by atoms with van der Waals surface area (Å²) in [7, 11) is 0. The van der Waals surface area contributed by atoms with E-state index in [4.69, 9.17) is 11.6 Å². The highest BCUT2D eigenvalue weighted by atomic mass is 35.5. The fourth-order valence-electron chi connectivity index (χ4n) is 2.38. The van der Waals surface area contributed by atoms with Crippen molar-refractivity contribution < 1.29 is 14.7 Å². The first-order valence-electron chi connectivity index (χ1n) is 6.42. The Kier molecular flexibility index (Phi) is 4.94. The van der Waals surface area contributed by atoms with Crippen LogP contribution in [0.3, 0.4) is 0 Å². The number of hydrogen-bond acceptors (Lipinski definition) is 3. The Balaban J connectivity index is 2.31. The maximum atomic E-state index is 12.6. The van der Waals surface area contributed by atoms with E-state index >= 15 is 0 Å². The molecular weight excluding hydrogens is 298 g/mol. The molecule has 1 unspecified atom stereocenters. The number of likely N-dealkylation sites (tertiary alicyclic amines) is 1. The minimum absolute atomic E-state index is 0.294. The van der Waals surface area contributed by atoms with Gasteiger partial charge in [-0.3, -0.25) is 4.79 Å². The molecule has 1 aliphatic rings. The number of nitrogens with zero attached hydrogens (tertiary/aromatic N) is 1. The summed E-state index contributed by atoms with van der Waals surface area (Å²) in [5, 5.41) is 9.61. The summed E-state index contributed by atoms with van der Waals surface area (Å²) < 4.78 is 0. The number of rotatable bonds is 3. The third kappa shape index (κ3) is 3.10. The Labute approximate surface area is 127 Å². The molecule has 4 nitrogen and oxygen atoms in total. The van der Waals surface area contributed by atoms with E-state index in [9.17, 15) is 14.7 Å². The second-order valence-corrected chi connectivity index (χ2v) is 5.98. The van der Waals surface area contributed by atoms with Crippen LogP contribution in [0.2, 0.25) is 5.02 Å². The van der Waals surface area contributed by atoms with E-state index in [1.165, 1.54) is 16.7 Å². The van der Waals surface area contributed by atoms with Gasteiger partial charge in [-0.2, -0.15) is 0 Å². The fraction of sp³-hybridized carbons (Fsp3) is 0.429. The third-order valence-corrected chi connectivity index (χ3v) is 4.51. The Bertz CT molecular complexity index is 535. The molecule has 0 aromatic heterocycles. The van der Waals surface area contributed by atoms with Gasteiger partial charge in [0.05, 0.1) is 10.6 Å². The molecule has 0 radical (unpaired) electrons. The highest BCUT2D eigenvalue weighted by Crippen LogP contribution is 2.27. The van der Waals surface area contributed by atoms with Gasteiger partial charge in [0, 0.05) is 11.4 Å². The molecule has 20 heavy (non-hydrogen) atoms. The number of carboxylic acid groups (broad SMARTS) is 1. The first-order valence-corrected chi connectivity index (χ1v) is 8.02. The van der Waals surface area contributed by atoms with Crippen LogP contribution in [-0.2, 0) is 4.79 Å². The van der Waals surface area contributed by atoms with Crippen molar-refractivity contribution in [2.45, 2.75) is 30.2 Å². The monoisotopic (exact) mass is 313 g/mol. The minimum Gasteiger partial charge on any atom is -0.480 e. The second-order valence-electron chi connectivity index (χ2n) is 4.69. The lowest BCUT2D eigenvalue weighted by Gasteiger charge is -2.33. The molecule has 0 aliphatic carbocycles. The molecule has 1 saturated heterocycles. The zero-order chi connectivity index (χ0) is 14.7.